The summed E-state index contributed by atoms with van der Waals surface area (Å²) >= 11 is 1.20. The summed E-state index contributed by atoms with van der Waals surface area (Å²) < 4.78 is 21.8. The first-order chi connectivity index (χ1) is 21.3. The molecule has 0 aliphatic heterocycles. The van der Waals surface area contributed by atoms with Crippen LogP contribution in [0.25, 0.3) is 15.2 Å². The number of aliphatic hydroxyl groups excluding tert-OH is 2. The van der Waals surface area contributed by atoms with Crippen molar-refractivity contribution in [3.63, 3.8) is 0 Å². The molecule has 0 bridgehead atoms. The van der Waals surface area contributed by atoms with E-state index in [2.05, 4.69) is 15.5 Å². The number of rotatable bonds is 8. The second-order valence-electron chi connectivity index (χ2n) is 12.0. The van der Waals surface area contributed by atoms with Gasteiger partial charge in [-0.1, -0.05) is 11.3 Å². The fourth-order valence-corrected chi connectivity index (χ4v) is 6.55. The van der Waals surface area contributed by atoms with Crippen LogP contribution in [0, 0.1) is 12.7 Å². The number of thiophene rings is 1. The number of nitrogens with zero attached hydrogens (tertiary/aromatic N) is 5. The van der Waals surface area contributed by atoms with E-state index in [4.69, 9.17) is 14.9 Å². The maximum atomic E-state index is 14.0. The lowest BCUT2D eigenvalue weighted by Gasteiger charge is -2.27. The van der Waals surface area contributed by atoms with E-state index < -0.39 is 28.5 Å². The van der Waals surface area contributed by atoms with E-state index in [1.165, 1.54) is 72.3 Å². The Kier molecular flexibility index (Phi) is 10.6. The highest BCUT2D eigenvalue weighted by atomic mass is 32.1. The summed E-state index contributed by atoms with van der Waals surface area (Å²) in [7, 11) is 1.49. The molecule has 45 heavy (non-hydrogen) atoms. The maximum Gasteiger partial charge on any atom is 0.333 e. The predicted molar refractivity (Wildman–Crippen MR) is 170 cm³/mol. The van der Waals surface area contributed by atoms with Gasteiger partial charge >= 0.3 is 5.69 Å². The van der Waals surface area contributed by atoms with E-state index in [0.717, 1.165) is 30.3 Å². The number of ether oxygens (including phenoxy) is 1. The number of carbonyl (C=O) groups is 1. The number of fused-ring (bicyclic) bond motifs is 1. The molecule has 1 fully saturated rings. The molecule has 5 rings (SSSR count). The van der Waals surface area contributed by atoms with Gasteiger partial charge < -0.3 is 20.3 Å². The molecular formula is C31H41FN6O6S. The third kappa shape index (κ3) is 7.34. The molecule has 0 atom stereocenters. The lowest BCUT2D eigenvalue weighted by Crippen LogP contribution is -2.56. The smallest absolute Gasteiger partial charge is 0.333 e. The molecule has 1 aliphatic carbocycles. The lowest BCUT2D eigenvalue weighted by atomic mass is 9.95. The van der Waals surface area contributed by atoms with E-state index in [9.17, 15) is 18.8 Å². The fourth-order valence-electron chi connectivity index (χ4n) is 5.31. The highest BCUT2D eigenvalue weighted by molar-refractivity contribution is 7.21. The number of aryl methyl sites for hydroxylation is 3. The van der Waals surface area contributed by atoms with Gasteiger partial charge in [-0.25, -0.2) is 13.8 Å². The summed E-state index contributed by atoms with van der Waals surface area (Å²) in [6, 6.07) is 4.00. The van der Waals surface area contributed by atoms with Gasteiger partial charge in [-0.15, -0.1) is 4.80 Å². The average molecular weight is 645 g/mol. The molecule has 3 aromatic heterocycles. The summed E-state index contributed by atoms with van der Waals surface area (Å²) in [5.41, 5.74) is -1.54. The highest BCUT2D eigenvalue weighted by Crippen LogP contribution is 2.31. The first kappa shape index (κ1) is 34.0. The van der Waals surface area contributed by atoms with Crippen LogP contribution in [0.15, 0.2) is 40.2 Å². The molecule has 0 saturated heterocycles. The highest BCUT2D eigenvalue weighted by Gasteiger charge is 2.35. The van der Waals surface area contributed by atoms with Crippen molar-refractivity contribution in [2.24, 2.45) is 0 Å². The Balaban J connectivity index is 0.000000501. The number of aromatic nitrogens is 5. The summed E-state index contributed by atoms with van der Waals surface area (Å²) in [5, 5.41) is 29.9. The molecule has 1 aromatic carbocycles. The van der Waals surface area contributed by atoms with Crippen LogP contribution in [0.5, 0.6) is 5.75 Å². The fraction of sp³-hybridized carbons (Fsp3) is 0.516. The molecule has 3 heterocycles. The summed E-state index contributed by atoms with van der Waals surface area (Å²) in [4.78, 5) is 42.6. The molecule has 4 aromatic rings. The zero-order valence-electron chi connectivity index (χ0n) is 26.4. The average Bonchev–Trinajstić information content (AvgIpc) is 3.63. The molecule has 0 unspecified atom stereocenters. The Morgan fingerprint density at radius 1 is 1.13 bits per heavy atom. The van der Waals surface area contributed by atoms with Gasteiger partial charge in [0.05, 0.1) is 37.1 Å². The van der Waals surface area contributed by atoms with E-state index in [0.29, 0.717) is 32.1 Å². The monoisotopic (exact) mass is 644 g/mol. The second kappa shape index (κ2) is 14.0. The topological polar surface area (TPSA) is 153 Å². The minimum Gasteiger partial charge on any atom is -0.496 e. The van der Waals surface area contributed by atoms with E-state index >= 15 is 0 Å². The number of halogens is 1. The van der Waals surface area contributed by atoms with Gasteiger partial charge in [0, 0.05) is 18.2 Å². The second-order valence-corrected chi connectivity index (χ2v) is 12.9. The van der Waals surface area contributed by atoms with Crippen LogP contribution in [-0.2, 0) is 23.3 Å². The predicted octanol–water partition coefficient (Wildman–Crippen LogP) is 3.05. The molecular weight excluding hydrogens is 603 g/mol. The van der Waals surface area contributed by atoms with Crippen molar-refractivity contribution < 1.29 is 24.1 Å². The van der Waals surface area contributed by atoms with Crippen molar-refractivity contribution in [3.8, 4) is 10.8 Å². The van der Waals surface area contributed by atoms with Crippen LogP contribution in [0.3, 0.4) is 0 Å². The summed E-state index contributed by atoms with van der Waals surface area (Å²) in [5.74, 6) is -0.399. The molecule has 0 radical (unpaired) electrons. The zero-order valence-corrected chi connectivity index (χ0v) is 27.2. The van der Waals surface area contributed by atoms with Gasteiger partial charge in [-0.05, 0) is 90.5 Å². The molecule has 244 valence electrons. The van der Waals surface area contributed by atoms with Crippen LogP contribution in [0.4, 0.5) is 4.39 Å². The van der Waals surface area contributed by atoms with Gasteiger partial charge in [0.2, 0.25) is 5.91 Å². The Hall–Kier alpha value is -3.88. The Labute approximate surface area is 264 Å². The Morgan fingerprint density at radius 2 is 1.73 bits per heavy atom. The molecule has 0 spiro atoms. The van der Waals surface area contributed by atoms with Crippen LogP contribution < -0.4 is 21.3 Å². The Bertz CT molecular complexity index is 1740. The van der Waals surface area contributed by atoms with E-state index in [1.807, 2.05) is 0 Å². The number of nitrogens with one attached hydrogen (secondary N) is 1. The molecule has 1 amide bonds. The number of methoxy groups -OCH3 is 1. The first-order valence-corrected chi connectivity index (χ1v) is 15.7. The Morgan fingerprint density at radius 3 is 2.29 bits per heavy atom. The number of aliphatic hydroxyl groups is 2. The van der Waals surface area contributed by atoms with E-state index in [1.54, 1.807) is 20.8 Å². The molecule has 1 aliphatic rings. The van der Waals surface area contributed by atoms with Crippen molar-refractivity contribution in [1.29, 1.82) is 0 Å². The van der Waals surface area contributed by atoms with Crippen LogP contribution in [0.2, 0.25) is 0 Å². The molecule has 1 saturated carbocycles. The lowest BCUT2D eigenvalue weighted by molar-refractivity contribution is -0.129. The van der Waals surface area contributed by atoms with Gasteiger partial charge in [0.1, 0.15) is 26.9 Å². The van der Waals surface area contributed by atoms with Crippen LogP contribution in [0.1, 0.15) is 64.5 Å². The first-order valence-electron chi connectivity index (χ1n) is 14.9. The van der Waals surface area contributed by atoms with E-state index in [-0.39, 0.29) is 31.2 Å². The number of amides is 1. The third-order valence-corrected chi connectivity index (χ3v) is 9.12. The van der Waals surface area contributed by atoms with Gasteiger partial charge in [0.25, 0.3) is 5.56 Å². The van der Waals surface area contributed by atoms with Crippen molar-refractivity contribution in [2.75, 3.05) is 7.11 Å². The maximum absolute atomic E-state index is 14.0. The van der Waals surface area contributed by atoms with Crippen LogP contribution in [-0.4, -0.2) is 65.6 Å². The summed E-state index contributed by atoms with van der Waals surface area (Å²) in [6.07, 6.45) is 6.12. The largest absolute Gasteiger partial charge is 0.496 e. The van der Waals surface area contributed by atoms with Gasteiger partial charge in [0.15, 0.2) is 0 Å². The number of hydrogen-bond acceptors (Lipinski definition) is 9. The minimum atomic E-state index is -1.48. The summed E-state index contributed by atoms with van der Waals surface area (Å²) in [6.45, 7) is 8.56. The van der Waals surface area contributed by atoms with Crippen molar-refractivity contribution in [3.05, 3.63) is 68.4 Å². The minimum absolute atomic E-state index is 0.114. The quantitative estimate of drug-likeness (QED) is 0.265. The van der Waals surface area contributed by atoms with Crippen molar-refractivity contribution in [2.45, 2.75) is 97.1 Å². The van der Waals surface area contributed by atoms with Gasteiger partial charge in [-0.2, -0.15) is 10.2 Å². The number of hydrogen-bond donors (Lipinski definition) is 3. The molecule has 12 nitrogen and oxygen atoms in total. The molecule has 3 N–H and O–H groups in total. The van der Waals surface area contributed by atoms with Crippen molar-refractivity contribution >= 4 is 27.5 Å². The number of benzene rings is 1. The standard InChI is InChI=1S/C25H29FN6O4S.C6H12O2/c1-14(2)29-23(34)25(4,5)31-20(33)19-15(3)21(32-27-10-11-28-32)37-22(19)30(24(31)35)12-9-16-13-17(26)7-8-18(16)36-6;7-5-1-2-6(8)4-3-5/h7-8,10-11,13-14H,9,12H2,1-6H3,(H,29,34);5-8H,1-4H2. The normalized spacial score (nSPS) is 16.8. The van der Waals surface area contributed by atoms with Crippen LogP contribution >= 0.6 is 11.3 Å². The zero-order chi connectivity index (χ0) is 33.1. The third-order valence-electron chi connectivity index (χ3n) is 7.84. The van der Waals surface area contributed by atoms with Crippen molar-refractivity contribution in [1.82, 2.24) is 29.4 Å². The molecule has 14 heteroatoms. The SMILES string of the molecule is COc1ccc(F)cc1CCn1c(=O)n(C(C)(C)C(=O)NC(C)C)c(=O)c2c(C)c(-n3nccn3)sc21.OC1CCC(O)CC1. The van der Waals surface area contributed by atoms with Gasteiger partial charge in [-0.3, -0.25) is 14.2 Å². The number of carbonyl (C=O) groups excluding carboxylic acids is 1.